The summed E-state index contributed by atoms with van der Waals surface area (Å²) < 4.78 is 39.3. The predicted molar refractivity (Wildman–Crippen MR) is 95.2 cm³/mol. The van der Waals surface area contributed by atoms with Crippen LogP contribution in [-0.4, -0.2) is 27.8 Å². The van der Waals surface area contributed by atoms with Crippen LogP contribution in [-0.2, 0) is 11.3 Å². The fourth-order valence-corrected chi connectivity index (χ4v) is 2.58. The minimum absolute atomic E-state index is 0.496. The summed E-state index contributed by atoms with van der Waals surface area (Å²) >= 11 is 0. The number of hydrogen-bond donors (Lipinski definition) is 1. The number of alkyl halides is 3. The van der Waals surface area contributed by atoms with Crippen LogP contribution in [0.25, 0.3) is 0 Å². The van der Waals surface area contributed by atoms with Crippen LogP contribution in [0.3, 0.4) is 0 Å². The Morgan fingerprint density at radius 3 is 2.58 bits per heavy atom. The molecule has 0 bridgehead atoms. The molecular formula is C18H29F3N4O. The molecule has 1 rings (SSSR count). The van der Waals surface area contributed by atoms with Crippen LogP contribution >= 0.6 is 0 Å². The van der Waals surface area contributed by atoms with E-state index in [-0.39, 0.29) is 0 Å². The van der Waals surface area contributed by atoms with Crippen LogP contribution in [0.15, 0.2) is 24.9 Å². The molecule has 1 unspecified atom stereocenters. The van der Waals surface area contributed by atoms with Gasteiger partial charge in [0.05, 0.1) is 30.0 Å². The van der Waals surface area contributed by atoms with E-state index in [0.29, 0.717) is 13.0 Å². The molecule has 8 heteroatoms. The lowest BCUT2D eigenvalue weighted by Crippen LogP contribution is -2.32. The van der Waals surface area contributed by atoms with Crippen molar-refractivity contribution < 1.29 is 18.0 Å². The lowest BCUT2D eigenvalue weighted by Gasteiger charge is -2.27. The Balaban J connectivity index is 2.63. The number of aromatic nitrogens is 3. The molecule has 0 saturated carbocycles. The van der Waals surface area contributed by atoms with Crippen LogP contribution in [0.4, 0.5) is 13.2 Å². The molecule has 1 N–H and O–H groups in total. The van der Waals surface area contributed by atoms with Gasteiger partial charge in [-0.15, -0.1) is 6.58 Å². The van der Waals surface area contributed by atoms with Crippen molar-refractivity contribution in [2.45, 2.75) is 59.2 Å². The third kappa shape index (κ3) is 6.48. The zero-order chi connectivity index (χ0) is 19.7. The number of rotatable bonds is 11. The number of hydrogen-bond acceptors (Lipinski definition) is 4. The molecule has 0 saturated heterocycles. The van der Waals surface area contributed by atoms with Crippen LogP contribution < -0.4 is 5.48 Å². The third-order valence-corrected chi connectivity index (χ3v) is 4.38. The van der Waals surface area contributed by atoms with E-state index in [1.165, 1.54) is 4.80 Å². The van der Waals surface area contributed by atoms with Gasteiger partial charge in [-0.05, 0) is 39.0 Å². The van der Waals surface area contributed by atoms with Gasteiger partial charge in [-0.25, -0.2) is 0 Å². The Morgan fingerprint density at radius 1 is 1.31 bits per heavy atom. The number of nitrogens with one attached hydrogen (secondary N) is 1. The molecule has 1 aromatic heterocycles. The largest absolute Gasteiger partial charge is 0.395 e. The van der Waals surface area contributed by atoms with Crippen molar-refractivity contribution in [3.05, 3.63) is 36.3 Å². The van der Waals surface area contributed by atoms with Gasteiger partial charge in [0.25, 0.3) is 0 Å². The van der Waals surface area contributed by atoms with Gasteiger partial charge in [0.1, 0.15) is 0 Å². The molecule has 0 aromatic carbocycles. The van der Waals surface area contributed by atoms with Gasteiger partial charge in [-0.3, -0.25) is 10.3 Å². The van der Waals surface area contributed by atoms with Gasteiger partial charge in [0, 0.05) is 6.20 Å². The molecular weight excluding hydrogens is 345 g/mol. The zero-order valence-corrected chi connectivity index (χ0v) is 15.9. The van der Waals surface area contributed by atoms with E-state index in [0.717, 1.165) is 30.3 Å². The summed E-state index contributed by atoms with van der Waals surface area (Å²) in [5.41, 5.74) is 4.22. The highest BCUT2D eigenvalue weighted by Gasteiger charge is 2.43. The molecule has 148 valence electrons. The Morgan fingerprint density at radius 2 is 2.00 bits per heavy atom. The minimum atomic E-state index is -4.32. The topological polar surface area (TPSA) is 52.0 Å². The van der Waals surface area contributed by atoms with E-state index in [1.54, 1.807) is 20.0 Å². The maximum Gasteiger partial charge on any atom is 0.395 e. The molecule has 0 spiro atoms. The number of halogens is 3. The van der Waals surface area contributed by atoms with Gasteiger partial charge >= 0.3 is 6.18 Å². The first-order valence-electron chi connectivity index (χ1n) is 8.86. The minimum Gasteiger partial charge on any atom is -0.277 e. The number of nitrogens with zero attached hydrogens (tertiary/aromatic N) is 3. The average molecular weight is 374 g/mol. The molecule has 0 radical (unpaired) electrons. The summed E-state index contributed by atoms with van der Waals surface area (Å²) in [5.74, 6) is -2.31. The Kier molecular flexibility index (Phi) is 8.84. The maximum absolute atomic E-state index is 13.1. The maximum atomic E-state index is 13.1. The Hall–Kier alpha value is -1.83. The first-order chi connectivity index (χ1) is 12.2. The average Bonchev–Trinajstić information content (AvgIpc) is 2.93. The molecule has 5 nitrogen and oxygen atoms in total. The highest BCUT2D eigenvalue weighted by atomic mass is 19.4. The first-order valence-corrected chi connectivity index (χ1v) is 8.86. The zero-order valence-electron chi connectivity index (χ0n) is 15.9. The summed E-state index contributed by atoms with van der Waals surface area (Å²) in [6.45, 7) is 10.9. The van der Waals surface area contributed by atoms with E-state index in [9.17, 15) is 13.2 Å². The lowest BCUT2D eigenvalue weighted by molar-refractivity contribution is -0.176. The van der Waals surface area contributed by atoms with E-state index in [1.807, 2.05) is 19.9 Å². The summed E-state index contributed by atoms with van der Waals surface area (Å²) in [4.78, 5) is 6.63. The van der Waals surface area contributed by atoms with Crippen LogP contribution in [0.1, 0.15) is 51.0 Å². The third-order valence-electron chi connectivity index (χ3n) is 4.38. The van der Waals surface area contributed by atoms with Crippen molar-refractivity contribution >= 4 is 0 Å². The van der Waals surface area contributed by atoms with Gasteiger partial charge in [-0.1, -0.05) is 26.0 Å². The highest BCUT2D eigenvalue weighted by molar-refractivity contribution is 5.07. The van der Waals surface area contributed by atoms with Crippen molar-refractivity contribution in [1.82, 2.24) is 20.5 Å². The van der Waals surface area contributed by atoms with Crippen molar-refractivity contribution in [3.8, 4) is 0 Å². The van der Waals surface area contributed by atoms with E-state index in [2.05, 4.69) is 22.3 Å². The van der Waals surface area contributed by atoms with Crippen LogP contribution in [0.2, 0.25) is 0 Å². The van der Waals surface area contributed by atoms with Gasteiger partial charge < -0.3 is 0 Å². The number of aryl methyl sites for hydroxylation is 2. The number of hydroxylamine groups is 1. The fourth-order valence-electron chi connectivity index (χ4n) is 2.58. The van der Waals surface area contributed by atoms with E-state index >= 15 is 0 Å². The standard InChI is InChI=1S/C18H29F3N4O/c1-6-8-11-22-26-12-9-10-17-14(4)23-25(24-17)15(5)13(3)16(7-2)18(19,20)21/h7-8,11,13,15-16,22H,2,6,9-10,12H2,1,3-5H3/b11-8-/t13-,15+,16?/m1/s1. The van der Waals surface area contributed by atoms with E-state index in [4.69, 9.17) is 4.84 Å². The Labute approximate surface area is 153 Å². The SMILES string of the molecule is C=CC([C@H](C)[C@H](C)n1nc(C)c(CCCON/C=C\CC)n1)C(F)(F)F. The Bertz CT molecular complexity index is 583. The fraction of sp³-hybridized carbons (Fsp3) is 0.667. The molecule has 0 aliphatic heterocycles. The summed E-state index contributed by atoms with van der Waals surface area (Å²) in [6, 6.07) is -0.496. The van der Waals surface area contributed by atoms with Crippen molar-refractivity contribution in [2.75, 3.05) is 6.61 Å². The van der Waals surface area contributed by atoms with Crippen molar-refractivity contribution in [1.29, 1.82) is 0 Å². The van der Waals surface area contributed by atoms with Crippen molar-refractivity contribution in [3.63, 3.8) is 0 Å². The molecule has 0 aliphatic carbocycles. The van der Waals surface area contributed by atoms with Crippen LogP contribution in [0, 0.1) is 18.8 Å². The highest BCUT2D eigenvalue weighted by Crippen LogP contribution is 2.37. The normalized spacial score (nSPS) is 15.8. The molecule has 1 heterocycles. The molecule has 0 amide bonds. The number of allylic oxidation sites excluding steroid dienone is 2. The second kappa shape index (κ2) is 10.4. The first kappa shape index (κ1) is 22.2. The smallest absolute Gasteiger partial charge is 0.277 e. The summed E-state index contributed by atoms with van der Waals surface area (Å²) in [7, 11) is 0. The monoisotopic (exact) mass is 374 g/mol. The second-order valence-electron chi connectivity index (χ2n) is 6.34. The lowest BCUT2D eigenvalue weighted by atomic mass is 9.88. The predicted octanol–water partition coefficient (Wildman–Crippen LogP) is 4.53. The van der Waals surface area contributed by atoms with Crippen molar-refractivity contribution in [2.24, 2.45) is 11.8 Å². The molecule has 26 heavy (non-hydrogen) atoms. The molecule has 3 atom stereocenters. The summed E-state index contributed by atoms with van der Waals surface area (Å²) in [6.07, 6.45) is 2.62. The molecule has 0 aliphatic rings. The summed E-state index contributed by atoms with van der Waals surface area (Å²) in [5, 5.41) is 8.70. The van der Waals surface area contributed by atoms with Gasteiger partial charge in [0.15, 0.2) is 0 Å². The quantitative estimate of drug-likeness (QED) is 0.351. The molecule has 0 fully saturated rings. The van der Waals surface area contributed by atoms with Crippen LogP contribution in [0.5, 0.6) is 0 Å². The molecule has 1 aromatic rings. The second-order valence-corrected chi connectivity index (χ2v) is 6.34. The van der Waals surface area contributed by atoms with E-state index < -0.39 is 24.1 Å². The van der Waals surface area contributed by atoms with Gasteiger partial charge in [-0.2, -0.15) is 28.2 Å². The van der Waals surface area contributed by atoms with Gasteiger partial charge in [0.2, 0.25) is 0 Å².